The zero-order chi connectivity index (χ0) is 27.0. The Bertz CT molecular complexity index is 1810. The number of rotatable bonds is 8. The zero-order valence-electron chi connectivity index (χ0n) is 20.4. The summed E-state index contributed by atoms with van der Waals surface area (Å²) in [5.41, 5.74) is 8.63. The SMILES string of the molecule is Cn1c(Cc2ccc(C(=N)N)cc2)nc2cc(N(CC(=O)O)S(=O)(=O)c3cccc4cnccc34)ccc21. The lowest BCUT2D eigenvalue weighted by Crippen LogP contribution is -2.35. The third-order valence-electron chi connectivity index (χ3n) is 6.36. The molecule has 192 valence electrons. The summed E-state index contributed by atoms with van der Waals surface area (Å²) in [6, 6.07) is 18.6. The van der Waals surface area contributed by atoms with Crippen molar-refractivity contribution in [2.75, 3.05) is 10.8 Å². The van der Waals surface area contributed by atoms with E-state index in [1.54, 1.807) is 54.7 Å². The van der Waals surface area contributed by atoms with Crippen molar-refractivity contribution in [3.8, 4) is 0 Å². The first-order valence-corrected chi connectivity index (χ1v) is 13.0. The van der Waals surface area contributed by atoms with Crippen molar-refractivity contribution in [3.63, 3.8) is 0 Å². The quantitative estimate of drug-likeness (QED) is 0.206. The van der Waals surface area contributed by atoms with E-state index in [-0.39, 0.29) is 16.4 Å². The number of benzene rings is 3. The number of aryl methyl sites for hydroxylation is 1. The highest BCUT2D eigenvalue weighted by Gasteiger charge is 2.29. The van der Waals surface area contributed by atoms with E-state index in [4.69, 9.17) is 16.1 Å². The van der Waals surface area contributed by atoms with Gasteiger partial charge >= 0.3 is 5.97 Å². The summed E-state index contributed by atoms with van der Waals surface area (Å²) in [4.78, 5) is 20.5. The molecule has 2 aromatic heterocycles. The van der Waals surface area contributed by atoms with Crippen LogP contribution in [-0.4, -0.2) is 46.4 Å². The number of carboxylic acid groups (broad SMARTS) is 1. The Hall–Kier alpha value is -4.77. The maximum atomic E-state index is 13.8. The van der Waals surface area contributed by atoms with Crippen molar-refractivity contribution >= 4 is 49.3 Å². The van der Waals surface area contributed by atoms with E-state index in [1.807, 2.05) is 23.7 Å². The van der Waals surface area contributed by atoms with Crippen LogP contribution in [0.5, 0.6) is 0 Å². The molecule has 0 bridgehead atoms. The van der Waals surface area contributed by atoms with Crippen molar-refractivity contribution < 1.29 is 18.3 Å². The molecule has 3 aromatic carbocycles. The normalized spacial score (nSPS) is 11.6. The summed E-state index contributed by atoms with van der Waals surface area (Å²) < 4.78 is 30.4. The number of nitrogens with two attached hydrogens (primary N) is 1. The molecule has 10 nitrogen and oxygen atoms in total. The number of carboxylic acids is 1. The van der Waals surface area contributed by atoms with Crippen LogP contribution in [0.25, 0.3) is 21.8 Å². The fourth-order valence-electron chi connectivity index (χ4n) is 4.41. The third kappa shape index (κ3) is 4.55. The number of pyridine rings is 1. The van der Waals surface area contributed by atoms with Gasteiger partial charge in [0.25, 0.3) is 10.0 Å². The molecule has 5 aromatic rings. The van der Waals surface area contributed by atoms with Crippen LogP contribution >= 0.6 is 0 Å². The molecule has 0 fully saturated rings. The highest BCUT2D eigenvalue weighted by atomic mass is 32.2. The maximum Gasteiger partial charge on any atom is 0.324 e. The summed E-state index contributed by atoms with van der Waals surface area (Å²) in [6.07, 6.45) is 3.56. The summed E-state index contributed by atoms with van der Waals surface area (Å²) in [5.74, 6) is -0.555. The van der Waals surface area contributed by atoms with Crippen molar-refractivity contribution in [1.29, 1.82) is 5.41 Å². The maximum absolute atomic E-state index is 13.8. The number of hydrogen-bond acceptors (Lipinski definition) is 6. The number of sulfonamides is 1. The molecule has 0 spiro atoms. The fraction of sp³-hybridized carbons (Fsp3) is 0.111. The van der Waals surface area contributed by atoms with Gasteiger partial charge in [0.05, 0.1) is 21.6 Å². The van der Waals surface area contributed by atoms with Gasteiger partial charge in [-0.2, -0.15) is 0 Å². The lowest BCUT2D eigenvalue weighted by molar-refractivity contribution is -0.135. The molecule has 0 radical (unpaired) electrons. The highest BCUT2D eigenvalue weighted by molar-refractivity contribution is 7.93. The van der Waals surface area contributed by atoms with Crippen LogP contribution in [-0.2, 0) is 28.3 Å². The van der Waals surface area contributed by atoms with E-state index >= 15 is 0 Å². The number of amidine groups is 1. The Morgan fingerprint density at radius 1 is 1.11 bits per heavy atom. The van der Waals surface area contributed by atoms with E-state index in [1.165, 1.54) is 12.3 Å². The van der Waals surface area contributed by atoms with E-state index in [9.17, 15) is 18.3 Å². The minimum absolute atomic E-state index is 0.00513. The Balaban J connectivity index is 1.55. The van der Waals surface area contributed by atoms with Gasteiger partial charge in [-0.1, -0.05) is 36.4 Å². The topological polar surface area (TPSA) is 155 Å². The fourth-order valence-corrected chi connectivity index (χ4v) is 6.03. The van der Waals surface area contributed by atoms with Gasteiger partial charge in [0.1, 0.15) is 18.2 Å². The van der Waals surface area contributed by atoms with Crippen molar-refractivity contribution in [2.24, 2.45) is 12.8 Å². The molecular formula is C27H24N6O4S. The lowest BCUT2D eigenvalue weighted by atomic mass is 10.1. The van der Waals surface area contributed by atoms with Gasteiger partial charge in [-0.25, -0.2) is 13.4 Å². The van der Waals surface area contributed by atoms with Gasteiger partial charge in [-0.15, -0.1) is 0 Å². The van der Waals surface area contributed by atoms with E-state index in [2.05, 4.69) is 4.98 Å². The number of imidazole rings is 1. The monoisotopic (exact) mass is 528 g/mol. The van der Waals surface area contributed by atoms with Crippen LogP contribution in [0.1, 0.15) is 17.0 Å². The number of nitrogens with one attached hydrogen (secondary N) is 1. The second kappa shape index (κ2) is 9.60. The van der Waals surface area contributed by atoms with Gasteiger partial charge in [0.15, 0.2) is 0 Å². The first-order chi connectivity index (χ1) is 18.1. The van der Waals surface area contributed by atoms with Gasteiger partial charge in [-0.3, -0.25) is 19.5 Å². The van der Waals surface area contributed by atoms with Crippen LogP contribution in [0.4, 0.5) is 5.69 Å². The van der Waals surface area contributed by atoms with Crippen LogP contribution < -0.4 is 10.0 Å². The smallest absolute Gasteiger partial charge is 0.324 e. The molecule has 0 aliphatic carbocycles. The molecule has 0 saturated carbocycles. The number of aromatic nitrogens is 3. The van der Waals surface area contributed by atoms with Crippen LogP contribution in [0, 0.1) is 5.41 Å². The number of anilines is 1. The Morgan fingerprint density at radius 2 is 1.87 bits per heavy atom. The summed E-state index contributed by atoms with van der Waals surface area (Å²) in [5, 5.41) is 18.2. The molecule has 0 saturated heterocycles. The summed E-state index contributed by atoms with van der Waals surface area (Å²) in [6.45, 7) is -0.752. The molecule has 2 heterocycles. The molecule has 0 aliphatic heterocycles. The molecule has 0 unspecified atom stereocenters. The number of nitrogen functional groups attached to an aromatic ring is 1. The van der Waals surface area contributed by atoms with Crippen molar-refractivity contribution in [1.82, 2.24) is 14.5 Å². The third-order valence-corrected chi connectivity index (χ3v) is 8.19. The van der Waals surface area contributed by atoms with Gasteiger partial charge < -0.3 is 15.4 Å². The average molecular weight is 529 g/mol. The molecule has 11 heteroatoms. The number of fused-ring (bicyclic) bond motifs is 2. The van der Waals surface area contributed by atoms with Gasteiger partial charge in [0.2, 0.25) is 0 Å². The number of aliphatic carboxylic acids is 1. The van der Waals surface area contributed by atoms with Crippen LogP contribution in [0.2, 0.25) is 0 Å². The van der Waals surface area contributed by atoms with Crippen molar-refractivity contribution in [3.05, 3.63) is 96.1 Å². The standard InChI is InChI=1S/C27H24N6O4S/c1-32-23-10-9-20(14-22(23)31-25(32)13-17-5-7-18(8-6-17)27(28)29)33(16-26(34)35)38(36,37)24-4-2-3-19-15-30-12-11-21(19)24/h2-12,14-15H,13,16H2,1H3,(H3,28,29)(H,34,35). The second-order valence-electron chi connectivity index (χ2n) is 8.81. The van der Waals surface area contributed by atoms with Crippen LogP contribution in [0.3, 0.4) is 0 Å². The van der Waals surface area contributed by atoms with Gasteiger partial charge in [-0.05, 0) is 35.9 Å². The average Bonchev–Trinajstić information content (AvgIpc) is 3.21. The summed E-state index contributed by atoms with van der Waals surface area (Å²) >= 11 is 0. The predicted octanol–water partition coefficient (Wildman–Crippen LogP) is 3.28. The lowest BCUT2D eigenvalue weighted by Gasteiger charge is -2.23. The number of nitrogens with zero attached hydrogens (tertiary/aromatic N) is 4. The molecule has 4 N–H and O–H groups in total. The largest absolute Gasteiger partial charge is 0.480 e. The Labute approximate surface area is 218 Å². The van der Waals surface area contributed by atoms with Crippen molar-refractivity contribution in [2.45, 2.75) is 11.3 Å². The zero-order valence-corrected chi connectivity index (χ0v) is 21.2. The van der Waals surface area contributed by atoms with E-state index in [0.29, 0.717) is 28.3 Å². The molecule has 0 amide bonds. The van der Waals surface area contributed by atoms with Crippen LogP contribution in [0.15, 0.2) is 84.0 Å². The minimum atomic E-state index is -4.24. The molecular weight excluding hydrogens is 504 g/mol. The molecule has 5 rings (SSSR count). The Kier molecular flexibility index (Phi) is 6.29. The predicted molar refractivity (Wildman–Crippen MR) is 145 cm³/mol. The Morgan fingerprint density at radius 3 is 2.58 bits per heavy atom. The first-order valence-electron chi connectivity index (χ1n) is 11.6. The van der Waals surface area contributed by atoms with E-state index in [0.717, 1.165) is 21.2 Å². The first kappa shape index (κ1) is 24.9. The molecule has 0 atom stereocenters. The molecule has 38 heavy (non-hydrogen) atoms. The van der Waals surface area contributed by atoms with Gasteiger partial charge in [0, 0.05) is 42.2 Å². The minimum Gasteiger partial charge on any atom is -0.480 e. The summed E-state index contributed by atoms with van der Waals surface area (Å²) in [7, 11) is -2.38. The number of hydrogen-bond donors (Lipinski definition) is 3. The molecule has 0 aliphatic rings. The second-order valence-corrected chi connectivity index (χ2v) is 10.6. The number of carbonyl (C=O) groups is 1. The van der Waals surface area contributed by atoms with E-state index < -0.39 is 22.5 Å². The highest BCUT2D eigenvalue weighted by Crippen LogP contribution is 2.31.